The largest absolute Gasteiger partial charge is 0.208 e. The summed E-state index contributed by atoms with van der Waals surface area (Å²) in [7, 11) is 0. The van der Waals surface area contributed by atoms with E-state index < -0.39 is 0 Å². The molecule has 10 aromatic rings. The Kier molecular flexibility index (Phi) is 8.24. The summed E-state index contributed by atoms with van der Waals surface area (Å²) in [5.74, 6) is 3.55. The molecule has 0 unspecified atom stereocenters. The van der Waals surface area contributed by atoms with Gasteiger partial charge in [0, 0.05) is 53.6 Å². The monoisotopic (exact) mass is 722 g/mol. The maximum Gasteiger partial charge on any atom is 0.165 e. The summed E-state index contributed by atoms with van der Waals surface area (Å²) in [6, 6.07) is 61.7. The van der Waals surface area contributed by atoms with E-state index in [4.69, 9.17) is 29.9 Å². The van der Waals surface area contributed by atoms with Gasteiger partial charge in [-0.1, -0.05) is 170 Å². The lowest BCUT2D eigenvalue weighted by Crippen LogP contribution is -2.02. The molecule has 0 N–H and O–H groups in total. The van der Waals surface area contributed by atoms with Crippen molar-refractivity contribution in [3.05, 3.63) is 182 Å². The number of fused-ring (bicyclic) bond motifs is 3. The van der Waals surface area contributed by atoms with E-state index in [0.29, 0.717) is 34.9 Å². The van der Waals surface area contributed by atoms with Crippen LogP contribution in [-0.4, -0.2) is 29.9 Å². The highest BCUT2D eigenvalue weighted by Crippen LogP contribution is 2.45. The lowest BCUT2D eigenvalue weighted by atomic mass is 10.00. The van der Waals surface area contributed by atoms with E-state index in [1.54, 1.807) is 11.3 Å². The fraction of sp³-hybridized carbons (Fsp3) is 0. The third-order valence-corrected chi connectivity index (χ3v) is 10.9. The molecule has 0 aliphatic rings. The molecular weight excluding hydrogens is 693 g/mol. The zero-order valence-corrected chi connectivity index (χ0v) is 30.2. The lowest BCUT2D eigenvalue weighted by Gasteiger charge is -2.12. The molecule has 258 valence electrons. The van der Waals surface area contributed by atoms with E-state index >= 15 is 0 Å². The first kappa shape index (κ1) is 32.4. The van der Waals surface area contributed by atoms with Crippen molar-refractivity contribution in [2.24, 2.45) is 0 Å². The molecule has 0 atom stereocenters. The average molecular weight is 723 g/mol. The maximum atomic E-state index is 5.20. The molecule has 0 bridgehead atoms. The van der Waals surface area contributed by atoms with Gasteiger partial charge in [-0.25, -0.2) is 29.9 Å². The minimum absolute atomic E-state index is 0.565. The Morgan fingerprint density at radius 1 is 0.255 bits per heavy atom. The summed E-state index contributed by atoms with van der Waals surface area (Å²) in [6.07, 6.45) is 0. The van der Waals surface area contributed by atoms with E-state index in [1.165, 1.54) is 10.3 Å². The van der Waals surface area contributed by atoms with Gasteiger partial charge in [0.25, 0.3) is 0 Å². The van der Waals surface area contributed by atoms with Crippen molar-refractivity contribution < 1.29 is 0 Å². The van der Waals surface area contributed by atoms with Crippen LogP contribution in [0.5, 0.6) is 0 Å². The minimum Gasteiger partial charge on any atom is -0.208 e. The standard InChI is InChI=1S/C48H30N6S/c1-6-17-31(18-7-1)37-27-16-28-38-39-29-36(47-51-43(32-19-8-2-9-20-32)49-44(52-47)33-21-10-3-11-22-33)30-40(42(39)55-41(37)38)48-53-45(34-23-12-4-13-24-34)50-46(54-48)35-25-14-5-15-26-35/h1-30H. The average Bonchev–Trinajstić information content (AvgIpc) is 3.66. The molecule has 6 nitrogen and oxygen atoms in total. The number of nitrogens with zero attached hydrogens (tertiary/aromatic N) is 6. The van der Waals surface area contributed by atoms with Crippen LogP contribution in [0.2, 0.25) is 0 Å². The molecule has 0 saturated carbocycles. The summed E-state index contributed by atoms with van der Waals surface area (Å²) in [4.78, 5) is 30.6. The number of rotatable bonds is 7. The van der Waals surface area contributed by atoms with Crippen molar-refractivity contribution in [2.45, 2.75) is 0 Å². The van der Waals surface area contributed by atoms with Crippen molar-refractivity contribution in [2.75, 3.05) is 0 Å². The van der Waals surface area contributed by atoms with Gasteiger partial charge in [0.15, 0.2) is 34.9 Å². The molecule has 7 heteroatoms. The number of thiophene rings is 1. The Labute approximate surface area is 321 Å². The molecule has 0 radical (unpaired) electrons. The van der Waals surface area contributed by atoms with Gasteiger partial charge in [-0.3, -0.25) is 0 Å². The SMILES string of the molecule is c1ccc(-c2nc(-c3ccccc3)nc(-c3cc(-c4nc(-c5ccccc5)nc(-c5ccccc5)n4)c4sc5c(-c6ccccc6)cccc5c4c3)n2)cc1. The molecule has 0 fully saturated rings. The minimum atomic E-state index is 0.565. The number of hydrogen-bond donors (Lipinski definition) is 0. The van der Waals surface area contributed by atoms with Crippen LogP contribution in [0.4, 0.5) is 0 Å². The van der Waals surface area contributed by atoms with Crippen LogP contribution in [0.15, 0.2) is 182 Å². The van der Waals surface area contributed by atoms with Crippen LogP contribution in [0.3, 0.4) is 0 Å². The Hall–Kier alpha value is -7.22. The third kappa shape index (κ3) is 6.22. The van der Waals surface area contributed by atoms with E-state index in [1.807, 2.05) is 121 Å². The summed E-state index contributed by atoms with van der Waals surface area (Å²) < 4.78 is 2.26. The Morgan fingerprint density at radius 3 is 1.05 bits per heavy atom. The molecule has 0 saturated heterocycles. The summed E-state index contributed by atoms with van der Waals surface area (Å²) >= 11 is 1.76. The second kappa shape index (κ2) is 14.0. The molecule has 10 rings (SSSR count). The Morgan fingerprint density at radius 2 is 0.618 bits per heavy atom. The van der Waals surface area contributed by atoms with Gasteiger partial charge >= 0.3 is 0 Å². The normalized spacial score (nSPS) is 11.3. The van der Waals surface area contributed by atoms with Crippen molar-refractivity contribution >= 4 is 31.5 Å². The van der Waals surface area contributed by atoms with Crippen LogP contribution >= 0.6 is 11.3 Å². The van der Waals surface area contributed by atoms with Crippen LogP contribution < -0.4 is 0 Å². The van der Waals surface area contributed by atoms with E-state index in [0.717, 1.165) is 54.4 Å². The molecule has 3 aromatic heterocycles. The number of benzene rings is 7. The molecule has 0 spiro atoms. The van der Waals surface area contributed by atoms with Crippen molar-refractivity contribution in [1.29, 1.82) is 0 Å². The molecule has 0 amide bonds. The topological polar surface area (TPSA) is 77.3 Å². The van der Waals surface area contributed by atoms with Crippen LogP contribution in [0.1, 0.15) is 0 Å². The highest BCUT2D eigenvalue weighted by atomic mass is 32.1. The first-order valence-corrected chi connectivity index (χ1v) is 18.9. The summed E-state index contributed by atoms with van der Waals surface area (Å²) in [5.41, 5.74) is 7.71. The lowest BCUT2D eigenvalue weighted by molar-refractivity contribution is 1.07. The molecule has 55 heavy (non-hydrogen) atoms. The van der Waals surface area contributed by atoms with Crippen LogP contribution in [0.25, 0.3) is 99.6 Å². The molecule has 0 aliphatic heterocycles. The van der Waals surface area contributed by atoms with Gasteiger partial charge in [0.2, 0.25) is 0 Å². The molecule has 0 aliphatic carbocycles. The predicted molar refractivity (Wildman–Crippen MR) is 224 cm³/mol. The first-order valence-electron chi connectivity index (χ1n) is 18.0. The van der Waals surface area contributed by atoms with Gasteiger partial charge in [-0.05, 0) is 23.3 Å². The van der Waals surface area contributed by atoms with Gasteiger partial charge in [-0.15, -0.1) is 11.3 Å². The highest BCUT2D eigenvalue weighted by Gasteiger charge is 2.21. The van der Waals surface area contributed by atoms with Crippen molar-refractivity contribution in [3.63, 3.8) is 0 Å². The highest BCUT2D eigenvalue weighted by molar-refractivity contribution is 7.26. The smallest absolute Gasteiger partial charge is 0.165 e. The van der Waals surface area contributed by atoms with Crippen molar-refractivity contribution in [1.82, 2.24) is 29.9 Å². The first-order chi connectivity index (χ1) is 27.2. The third-order valence-electron chi connectivity index (χ3n) is 9.58. The summed E-state index contributed by atoms with van der Waals surface area (Å²) in [5, 5.41) is 2.22. The number of hydrogen-bond acceptors (Lipinski definition) is 7. The quantitative estimate of drug-likeness (QED) is 0.163. The van der Waals surface area contributed by atoms with Crippen LogP contribution in [-0.2, 0) is 0 Å². The summed E-state index contributed by atoms with van der Waals surface area (Å²) in [6.45, 7) is 0. The van der Waals surface area contributed by atoms with Gasteiger partial charge in [-0.2, -0.15) is 0 Å². The van der Waals surface area contributed by atoms with Gasteiger partial charge < -0.3 is 0 Å². The predicted octanol–water partition coefficient (Wildman–Crippen LogP) is 12.1. The van der Waals surface area contributed by atoms with Gasteiger partial charge in [0.05, 0.1) is 0 Å². The molecule has 7 aromatic carbocycles. The zero-order chi connectivity index (χ0) is 36.6. The fourth-order valence-corrected chi connectivity index (χ4v) is 8.23. The zero-order valence-electron chi connectivity index (χ0n) is 29.4. The molecular formula is C48H30N6S. The van der Waals surface area contributed by atoms with Crippen LogP contribution in [0, 0.1) is 0 Å². The fourth-order valence-electron chi connectivity index (χ4n) is 6.91. The second-order valence-electron chi connectivity index (χ2n) is 13.1. The van der Waals surface area contributed by atoms with E-state index in [-0.39, 0.29) is 0 Å². The van der Waals surface area contributed by atoms with Gasteiger partial charge in [0.1, 0.15) is 0 Å². The van der Waals surface area contributed by atoms with E-state index in [2.05, 4.69) is 60.7 Å². The second-order valence-corrected chi connectivity index (χ2v) is 14.1. The molecule has 3 heterocycles. The van der Waals surface area contributed by atoms with E-state index in [9.17, 15) is 0 Å². The Balaban J connectivity index is 1.28. The maximum absolute atomic E-state index is 5.20. The Bertz CT molecular complexity index is 2840. The number of aromatic nitrogens is 6. The van der Waals surface area contributed by atoms with Crippen molar-refractivity contribution in [3.8, 4) is 79.5 Å².